The van der Waals surface area contributed by atoms with Crippen molar-refractivity contribution in [3.63, 3.8) is 0 Å². The van der Waals surface area contributed by atoms with Gasteiger partial charge in [0.25, 0.3) is 5.91 Å². The standard InChI is InChI=1S/C10H14IN5O2S/c1-15-8(7(11)6-12-15)9(17)13-10(19)14-16-2-4-18-5-3-16/h6H,2-5H2,1H3,(H2,13,14,17,19). The van der Waals surface area contributed by atoms with E-state index in [-0.39, 0.29) is 11.0 Å². The summed E-state index contributed by atoms with van der Waals surface area (Å²) in [7, 11) is 1.72. The van der Waals surface area contributed by atoms with Crippen molar-refractivity contribution in [2.75, 3.05) is 26.3 Å². The van der Waals surface area contributed by atoms with Crippen LogP contribution in [0.5, 0.6) is 0 Å². The zero-order chi connectivity index (χ0) is 13.8. The van der Waals surface area contributed by atoms with Crippen molar-refractivity contribution in [3.8, 4) is 0 Å². The fraction of sp³-hybridized carbons (Fsp3) is 0.500. The highest BCUT2D eigenvalue weighted by atomic mass is 127. The van der Waals surface area contributed by atoms with Crippen LogP contribution in [0, 0.1) is 3.57 Å². The monoisotopic (exact) mass is 395 g/mol. The lowest BCUT2D eigenvalue weighted by Gasteiger charge is -2.27. The number of hydrazine groups is 1. The molecule has 0 radical (unpaired) electrons. The number of rotatable bonds is 2. The van der Waals surface area contributed by atoms with Crippen molar-refractivity contribution in [2.24, 2.45) is 7.05 Å². The van der Waals surface area contributed by atoms with Crippen molar-refractivity contribution in [2.45, 2.75) is 0 Å². The van der Waals surface area contributed by atoms with Crippen LogP contribution < -0.4 is 10.7 Å². The van der Waals surface area contributed by atoms with Crippen LogP contribution >= 0.6 is 34.8 Å². The lowest BCUT2D eigenvalue weighted by molar-refractivity contribution is 0.0247. The maximum absolute atomic E-state index is 12.1. The van der Waals surface area contributed by atoms with E-state index in [0.717, 1.165) is 16.7 Å². The van der Waals surface area contributed by atoms with Gasteiger partial charge in [-0.25, -0.2) is 5.01 Å². The lowest BCUT2D eigenvalue weighted by atomic mass is 10.4. The largest absolute Gasteiger partial charge is 0.379 e. The summed E-state index contributed by atoms with van der Waals surface area (Å²) in [5, 5.41) is 8.86. The average Bonchev–Trinajstić information content (AvgIpc) is 2.70. The molecule has 1 amide bonds. The summed E-state index contributed by atoms with van der Waals surface area (Å²) >= 11 is 7.18. The Morgan fingerprint density at radius 1 is 1.53 bits per heavy atom. The quantitative estimate of drug-likeness (QED) is 0.538. The number of halogens is 1. The van der Waals surface area contributed by atoms with E-state index in [1.807, 2.05) is 5.01 Å². The van der Waals surface area contributed by atoms with E-state index in [1.54, 1.807) is 13.2 Å². The molecule has 1 aromatic rings. The molecule has 1 aliphatic rings. The smallest absolute Gasteiger partial charge is 0.276 e. The topological polar surface area (TPSA) is 71.4 Å². The van der Waals surface area contributed by atoms with E-state index >= 15 is 0 Å². The summed E-state index contributed by atoms with van der Waals surface area (Å²) in [6, 6.07) is 0. The molecule has 1 saturated heterocycles. The van der Waals surface area contributed by atoms with Crippen molar-refractivity contribution in [1.82, 2.24) is 25.5 Å². The number of ether oxygens (including phenoxy) is 1. The third kappa shape index (κ3) is 3.84. The summed E-state index contributed by atoms with van der Waals surface area (Å²) in [6.45, 7) is 2.78. The molecule has 0 unspecified atom stereocenters. The fourth-order valence-electron chi connectivity index (χ4n) is 1.68. The molecule has 1 fully saturated rings. The molecular formula is C10H14IN5O2S. The number of morpholine rings is 1. The SMILES string of the molecule is Cn1ncc(I)c1C(=O)NC(=S)NN1CCOCC1. The van der Waals surface area contributed by atoms with Gasteiger partial charge in [-0.2, -0.15) is 5.10 Å². The van der Waals surface area contributed by atoms with Crippen LogP contribution in [-0.2, 0) is 11.8 Å². The molecule has 7 nitrogen and oxygen atoms in total. The van der Waals surface area contributed by atoms with Crippen LogP contribution in [0.25, 0.3) is 0 Å². The summed E-state index contributed by atoms with van der Waals surface area (Å²) in [6.07, 6.45) is 1.63. The highest BCUT2D eigenvalue weighted by Crippen LogP contribution is 2.09. The van der Waals surface area contributed by atoms with Gasteiger partial charge in [-0.05, 0) is 34.8 Å². The molecule has 0 bridgehead atoms. The number of nitrogens with one attached hydrogen (secondary N) is 2. The van der Waals surface area contributed by atoms with Gasteiger partial charge in [0, 0.05) is 20.1 Å². The molecule has 2 N–H and O–H groups in total. The normalized spacial score (nSPS) is 16.1. The molecule has 0 saturated carbocycles. The Labute approximate surface area is 129 Å². The average molecular weight is 395 g/mol. The first-order chi connectivity index (χ1) is 9.08. The number of carbonyl (C=O) groups excluding carboxylic acids is 1. The Morgan fingerprint density at radius 2 is 2.21 bits per heavy atom. The molecule has 0 aromatic carbocycles. The first-order valence-corrected chi connectivity index (χ1v) is 7.19. The van der Waals surface area contributed by atoms with Gasteiger partial charge >= 0.3 is 0 Å². The van der Waals surface area contributed by atoms with Crippen molar-refractivity contribution in [1.29, 1.82) is 0 Å². The van der Waals surface area contributed by atoms with E-state index in [1.165, 1.54) is 4.68 Å². The van der Waals surface area contributed by atoms with Crippen LogP contribution in [0.2, 0.25) is 0 Å². The van der Waals surface area contributed by atoms with E-state index in [2.05, 4.69) is 38.4 Å². The first kappa shape index (κ1) is 14.6. The number of thiocarbonyl (C=S) groups is 1. The molecular weight excluding hydrogens is 381 g/mol. The maximum Gasteiger partial charge on any atom is 0.276 e. The molecule has 1 aromatic heterocycles. The van der Waals surface area contributed by atoms with E-state index in [0.29, 0.717) is 18.9 Å². The predicted octanol–water partition coefficient (Wildman–Crippen LogP) is -0.124. The summed E-state index contributed by atoms with van der Waals surface area (Å²) < 4.78 is 7.53. The molecule has 9 heteroatoms. The zero-order valence-corrected chi connectivity index (χ0v) is 13.3. The second-order valence-electron chi connectivity index (χ2n) is 3.96. The van der Waals surface area contributed by atoms with Gasteiger partial charge in [0.2, 0.25) is 0 Å². The highest BCUT2D eigenvalue weighted by Gasteiger charge is 2.17. The van der Waals surface area contributed by atoms with Crippen LogP contribution in [0.15, 0.2) is 6.20 Å². The van der Waals surface area contributed by atoms with Gasteiger partial charge in [0.15, 0.2) is 5.11 Å². The third-order valence-electron chi connectivity index (χ3n) is 2.61. The van der Waals surface area contributed by atoms with Crippen molar-refractivity contribution >= 4 is 45.8 Å². The third-order valence-corrected chi connectivity index (χ3v) is 3.59. The molecule has 0 aliphatic carbocycles. The molecule has 19 heavy (non-hydrogen) atoms. The second kappa shape index (κ2) is 6.59. The zero-order valence-electron chi connectivity index (χ0n) is 10.4. The van der Waals surface area contributed by atoms with Crippen LogP contribution in [0.4, 0.5) is 0 Å². The van der Waals surface area contributed by atoms with Crippen molar-refractivity contribution < 1.29 is 9.53 Å². The van der Waals surface area contributed by atoms with Crippen LogP contribution in [-0.4, -0.2) is 52.1 Å². The Balaban J connectivity index is 1.90. The number of aromatic nitrogens is 2. The number of hydrogen-bond acceptors (Lipinski definition) is 5. The van der Waals surface area contributed by atoms with Crippen LogP contribution in [0.3, 0.4) is 0 Å². The minimum Gasteiger partial charge on any atom is -0.379 e. The molecule has 2 rings (SSSR count). The second-order valence-corrected chi connectivity index (χ2v) is 5.53. The number of carbonyl (C=O) groups is 1. The minimum atomic E-state index is -0.268. The van der Waals surface area contributed by atoms with E-state index in [9.17, 15) is 4.79 Å². The summed E-state index contributed by atoms with van der Waals surface area (Å²) in [5.41, 5.74) is 3.46. The van der Waals surface area contributed by atoms with E-state index < -0.39 is 0 Å². The molecule has 1 aliphatic heterocycles. The molecule has 0 atom stereocenters. The Hall–Kier alpha value is -0.780. The van der Waals surface area contributed by atoms with Gasteiger partial charge < -0.3 is 4.74 Å². The number of amides is 1. The van der Waals surface area contributed by atoms with Gasteiger partial charge in [0.1, 0.15) is 5.69 Å². The van der Waals surface area contributed by atoms with Crippen LogP contribution in [0.1, 0.15) is 10.5 Å². The predicted molar refractivity (Wildman–Crippen MR) is 81.5 cm³/mol. The van der Waals surface area contributed by atoms with Gasteiger partial charge in [-0.3, -0.25) is 20.2 Å². The lowest BCUT2D eigenvalue weighted by Crippen LogP contribution is -2.52. The van der Waals surface area contributed by atoms with Crippen molar-refractivity contribution in [3.05, 3.63) is 15.5 Å². The number of nitrogens with zero attached hydrogens (tertiary/aromatic N) is 3. The van der Waals surface area contributed by atoms with Gasteiger partial charge in [-0.15, -0.1) is 0 Å². The fourth-order valence-corrected chi connectivity index (χ4v) is 2.62. The molecule has 104 valence electrons. The van der Waals surface area contributed by atoms with Gasteiger partial charge in [-0.1, -0.05) is 0 Å². The Kier molecular flexibility index (Phi) is 5.07. The van der Waals surface area contributed by atoms with Gasteiger partial charge in [0.05, 0.1) is 23.0 Å². The number of aryl methyl sites for hydroxylation is 1. The number of hydrogen-bond donors (Lipinski definition) is 2. The summed E-state index contributed by atoms with van der Waals surface area (Å²) in [4.78, 5) is 12.1. The first-order valence-electron chi connectivity index (χ1n) is 5.70. The highest BCUT2D eigenvalue weighted by molar-refractivity contribution is 14.1. The van der Waals surface area contributed by atoms with E-state index in [4.69, 9.17) is 17.0 Å². The molecule has 2 heterocycles. The Morgan fingerprint density at radius 3 is 2.79 bits per heavy atom. The molecule has 0 spiro atoms. The Bertz CT molecular complexity index is 467. The minimum absolute atomic E-state index is 0.268. The summed E-state index contributed by atoms with van der Waals surface area (Å²) in [5.74, 6) is -0.268. The maximum atomic E-state index is 12.1.